The molecule has 0 fully saturated rings. The molecule has 4 aromatic rings. The highest BCUT2D eigenvalue weighted by Gasteiger charge is 2.08. The van der Waals surface area contributed by atoms with Crippen molar-refractivity contribution in [2.45, 2.75) is 26.2 Å². The quantitative estimate of drug-likeness (QED) is 0.441. The number of nitrogens with zero attached hydrogens (tertiary/aromatic N) is 1. The summed E-state index contributed by atoms with van der Waals surface area (Å²) in [6.45, 7) is 4.25. The van der Waals surface area contributed by atoms with Gasteiger partial charge in [-0.05, 0) is 53.4 Å². The van der Waals surface area contributed by atoms with E-state index in [1.165, 1.54) is 5.56 Å². The van der Waals surface area contributed by atoms with Crippen LogP contribution in [-0.2, 0) is 11.2 Å². The van der Waals surface area contributed by atoms with Crippen LogP contribution in [-0.4, -0.2) is 17.5 Å². The maximum atomic E-state index is 12.2. The first-order valence-electron chi connectivity index (χ1n) is 10.0. The number of oxazole rings is 1. The number of carbonyl (C=O) groups is 1. The van der Waals surface area contributed by atoms with Gasteiger partial charge in [-0.15, -0.1) is 0 Å². The minimum Gasteiger partial charge on any atom is -0.484 e. The first kappa shape index (κ1) is 19.7. The van der Waals surface area contributed by atoms with Gasteiger partial charge < -0.3 is 14.5 Å². The predicted molar refractivity (Wildman–Crippen MR) is 118 cm³/mol. The Bertz CT molecular complexity index is 1100. The van der Waals surface area contributed by atoms with Gasteiger partial charge in [0.2, 0.25) is 0 Å². The summed E-state index contributed by atoms with van der Waals surface area (Å²) in [5, 5.41) is 2.85. The third kappa shape index (κ3) is 4.87. The molecular formula is C25H24N2O3. The predicted octanol–water partition coefficient (Wildman–Crippen LogP) is 5.56. The second-order valence-corrected chi connectivity index (χ2v) is 7.51. The molecule has 1 amide bonds. The van der Waals surface area contributed by atoms with Crippen LogP contribution in [0.1, 0.15) is 36.8 Å². The molecule has 0 aliphatic heterocycles. The van der Waals surface area contributed by atoms with Crippen molar-refractivity contribution in [3.8, 4) is 5.75 Å². The average Bonchev–Trinajstić information content (AvgIpc) is 3.16. The summed E-state index contributed by atoms with van der Waals surface area (Å²) in [6.07, 6.45) is 0.596. The minimum atomic E-state index is -0.199. The number of anilines is 1. The van der Waals surface area contributed by atoms with Crippen LogP contribution >= 0.6 is 0 Å². The summed E-state index contributed by atoms with van der Waals surface area (Å²) >= 11 is 0. The van der Waals surface area contributed by atoms with Crippen LogP contribution in [0.15, 0.2) is 77.2 Å². The average molecular weight is 400 g/mol. The van der Waals surface area contributed by atoms with E-state index in [0.29, 0.717) is 24.0 Å². The molecule has 1 N–H and O–H groups in total. The van der Waals surface area contributed by atoms with Gasteiger partial charge in [-0.2, -0.15) is 0 Å². The van der Waals surface area contributed by atoms with E-state index in [2.05, 4.69) is 24.1 Å². The Morgan fingerprint density at radius 1 is 1.00 bits per heavy atom. The van der Waals surface area contributed by atoms with E-state index in [9.17, 15) is 4.79 Å². The molecule has 5 heteroatoms. The second kappa shape index (κ2) is 8.82. The Labute approximate surface area is 175 Å². The lowest BCUT2D eigenvalue weighted by molar-refractivity contribution is -0.118. The molecule has 0 aliphatic carbocycles. The van der Waals surface area contributed by atoms with Crippen LogP contribution in [0.4, 0.5) is 5.69 Å². The van der Waals surface area contributed by atoms with Crippen molar-refractivity contribution in [2.75, 3.05) is 11.9 Å². The summed E-state index contributed by atoms with van der Waals surface area (Å²) in [4.78, 5) is 16.7. The molecule has 0 spiro atoms. The van der Waals surface area contributed by atoms with Crippen molar-refractivity contribution in [3.05, 3.63) is 89.8 Å². The van der Waals surface area contributed by atoms with Crippen molar-refractivity contribution in [1.29, 1.82) is 0 Å². The molecule has 30 heavy (non-hydrogen) atoms. The van der Waals surface area contributed by atoms with E-state index < -0.39 is 0 Å². The number of hydrogen-bond acceptors (Lipinski definition) is 4. The smallest absolute Gasteiger partial charge is 0.262 e. The van der Waals surface area contributed by atoms with Gasteiger partial charge in [-0.25, -0.2) is 4.98 Å². The molecule has 0 saturated carbocycles. The van der Waals surface area contributed by atoms with E-state index in [-0.39, 0.29) is 12.5 Å². The largest absolute Gasteiger partial charge is 0.484 e. The Morgan fingerprint density at radius 2 is 1.73 bits per heavy atom. The number of amides is 1. The molecule has 5 nitrogen and oxygen atoms in total. The van der Waals surface area contributed by atoms with Gasteiger partial charge in [0.25, 0.3) is 5.91 Å². The van der Waals surface area contributed by atoms with Crippen LogP contribution in [0, 0.1) is 0 Å². The third-order valence-corrected chi connectivity index (χ3v) is 4.85. The van der Waals surface area contributed by atoms with Crippen molar-refractivity contribution in [1.82, 2.24) is 4.98 Å². The highest BCUT2D eigenvalue weighted by Crippen LogP contribution is 2.20. The van der Waals surface area contributed by atoms with Gasteiger partial charge in [0, 0.05) is 12.1 Å². The number of fused-ring (bicyclic) bond motifs is 1. The molecule has 4 rings (SSSR count). The van der Waals surface area contributed by atoms with E-state index in [1.54, 1.807) is 0 Å². The maximum Gasteiger partial charge on any atom is 0.262 e. The highest BCUT2D eigenvalue weighted by atomic mass is 16.5. The highest BCUT2D eigenvalue weighted by molar-refractivity contribution is 5.91. The molecule has 3 aromatic carbocycles. The lowest BCUT2D eigenvalue weighted by atomic mass is 10.0. The van der Waals surface area contributed by atoms with Gasteiger partial charge in [-0.1, -0.05) is 50.2 Å². The standard InChI is InChI=1S/C25H24N2O3/c1-17(2)19-9-13-21(14-10-19)29-16-24(28)26-20-11-7-18(8-12-20)15-25-27-22-5-3-4-6-23(22)30-25/h3-14,17H,15-16H2,1-2H3,(H,26,28). The van der Waals surface area contributed by atoms with Crippen molar-refractivity contribution in [3.63, 3.8) is 0 Å². The number of carbonyl (C=O) groups excluding carboxylic acids is 1. The molecule has 0 unspecified atom stereocenters. The fourth-order valence-electron chi connectivity index (χ4n) is 3.17. The molecular weight excluding hydrogens is 376 g/mol. The van der Waals surface area contributed by atoms with Gasteiger partial charge >= 0.3 is 0 Å². The molecule has 0 saturated heterocycles. The normalized spacial score (nSPS) is 11.0. The summed E-state index contributed by atoms with van der Waals surface area (Å²) < 4.78 is 11.3. The molecule has 152 valence electrons. The molecule has 0 radical (unpaired) electrons. The summed E-state index contributed by atoms with van der Waals surface area (Å²) in [7, 11) is 0. The molecule has 0 bridgehead atoms. The number of aromatic nitrogens is 1. The van der Waals surface area contributed by atoms with E-state index in [1.807, 2.05) is 72.8 Å². The van der Waals surface area contributed by atoms with Gasteiger partial charge in [0.15, 0.2) is 18.1 Å². The number of benzene rings is 3. The third-order valence-electron chi connectivity index (χ3n) is 4.85. The fraction of sp³-hybridized carbons (Fsp3) is 0.200. The zero-order chi connectivity index (χ0) is 20.9. The maximum absolute atomic E-state index is 12.2. The Morgan fingerprint density at radius 3 is 2.43 bits per heavy atom. The van der Waals surface area contributed by atoms with Crippen LogP contribution in [0.25, 0.3) is 11.1 Å². The number of ether oxygens (including phenoxy) is 1. The lowest BCUT2D eigenvalue weighted by Crippen LogP contribution is -2.20. The SMILES string of the molecule is CC(C)c1ccc(OCC(=O)Nc2ccc(Cc3nc4ccccc4o3)cc2)cc1. The molecule has 1 heterocycles. The summed E-state index contributed by atoms with van der Waals surface area (Å²) in [6, 6.07) is 23.2. The van der Waals surface area contributed by atoms with Crippen LogP contribution in [0.5, 0.6) is 5.75 Å². The molecule has 0 aliphatic rings. The first-order chi connectivity index (χ1) is 14.6. The number of rotatable bonds is 7. The molecule has 1 aromatic heterocycles. The van der Waals surface area contributed by atoms with Crippen molar-refractivity contribution >= 4 is 22.7 Å². The zero-order valence-electron chi connectivity index (χ0n) is 17.1. The lowest BCUT2D eigenvalue weighted by Gasteiger charge is -2.10. The Kier molecular flexibility index (Phi) is 5.80. The first-order valence-corrected chi connectivity index (χ1v) is 10.0. The van der Waals surface area contributed by atoms with Crippen LogP contribution < -0.4 is 10.1 Å². The zero-order valence-corrected chi connectivity index (χ0v) is 17.1. The Hall–Kier alpha value is -3.60. The Balaban J connectivity index is 1.29. The second-order valence-electron chi connectivity index (χ2n) is 7.51. The summed E-state index contributed by atoms with van der Waals surface area (Å²) in [5.74, 6) is 1.62. The van der Waals surface area contributed by atoms with Gasteiger partial charge in [0.1, 0.15) is 11.3 Å². The van der Waals surface area contributed by atoms with Crippen molar-refractivity contribution in [2.24, 2.45) is 0 Å². The number of hydrogen-bond donors (Lipinski definition) is 1. The van der Waals surface area contributed by atoms with E-state index in [0.717, 1.165) is 22.4 Å². The minimum absolute atomic E-state index is 0.0360. The number of para-hydroxylation sites is 2. The van der Waals surface area contributed by atoms with Gasteiger partial charge in [-0.3, -0.25) is 4.79 Å². The monoisotopic (exact) mass is 400 g/mol. The number of nitrogens with one attached hydrogen (secondary N) is 1. The van der Waals surface area contributed by atoms with Crippen molar-refractivity contribution < 1.29 is 13.9 Å². The van der Waals surface area contributed by atoms with E-state index >= 15 is 0 Å². The topological polar surface area (TPSA) is 64.4 Å². The van der Waals surface area contributed by atoms with Crippen LogP contribution in [0.2, 0.25) is 0 Å². The summed E-state index contributed by atoms with van der Waals surface area (Å²) in [5.41, 5.74) is 4.66. The van der Waals surface area contributed by atoms with Gasteiger partial charge in [0.05, 0.1) is 0 Å². The molecule has 0 atom stereocenters. The van der Waals surface area contributed by atoms with Crippen LogP contribution in [0.3, 0.4) is 0 Å². The van der Waals surface area contributed by atoms with E-state index in [4.69, 9.17) is 9.15 Å². The fourth-order valence-corrected chi connectivity index (χ4v) is 3.17.